The van der Waals surface area contributed by atoms with Crippen LogP contribution in [0.2, 0.25) is 0 Å². The Balaban J connectivity index is 1.82. The van der Waals surface area contributed by atoms with Crippen LogP contribution in [0.25, 0.3) is 0 Å². The Kier molecular flexibility index (Phi) is 4.00. The normalized spacial score (nSPS) is 25.7. The molecule has 1 N–H and O–H groups in total. The van der Waals surface area contributed by atoms with Crippen LogP contribution in [-0.2, 0) is 6.42 Å². The molecule has 0 bridgehead atoms. The summed E-state index contributed by atoms with van der Waals surface area (Å²) in [6.45, 7) is 0. The van der Waals surface area contributed by atoms with Crippen LogP contribution in [0.1, 0.15) is 78.9 Å². The topological polar surface area (TPSA) is 24.9 Å². The van der Waals surface area contributed by atoms with Crippen LogP contribution in [-0.4, -0.2) is 12.0 Å². The fourth-order valence-electron chi connectivity index (χ4n) is 3.41. The number of aryl methyl sites for hydroxylation is 1. The zero-order valence-corrected chi connectivity index (χ0v) is 12.2. The minimum absolute atomic E-state index is 0.575. The maximum Gasteiger partial charge on any atom is 0.0962 e. The van der Waals surface area contributed by atoms with Crippen molar-refractivity contribution >= 4 is 11.3 Å². The van der Waals surface area contributed by atoms with Crippen molar-refractivity contribution in [2.24, 2.45) is 0 Å². The molecular formula is C15H24N2S. The molecule has 2 nitrogen and oxygen atoms in total. The van der Waals surface area contributed by atoms with Gasteiger partial charge in [0.25, 0.3) is 0 Å². The standard InChI is InChI=1S/C15H24N2S/c1-16-12-9-6-10-13-14(12)18-15(17-13)11-7-4-2-3-5-8-11/h11-12,16H,2-10H2,1H3. The summed E-state index contributed by atoms with van der Waals surface area (Å²) in [7, 11) is 2.09. The molecule has 1 aromatic rings. The highest BCUT2D eigenvalue weighted by molar-refractivity contribution is 7.12. The van der Waals surface area contributed by atoms with Gasteiger partial charge in [0.05, 0.1) is 10.7 Å². The van der Waals surface area contributed by atoms with E-state index in [-0.39, 0.29) is 0 Å². The van der Waals surface area contributed by atoms with Gasteiger partial charge < -0.3 is 5.32 Å². The molecule has 1 atom stereocenters. The van der Waals surface area contributed by atoms with Crippen molar-refractivity contribution in [1.29, 1.82) is 0 Å². The van der Waals surface area contributed by atoms with Crippen molar-refractivity contribution < 1.29 is 0 Å². The lowest BCUT2D eigenvalue weighted by Gasteiger charge is -2.20. The van der Waals surface area contributed by atoms with Gasteiger partial charge in [-0.2, -0.15) is 0 Å². The van der Waals surface area contributed by atoms with Crippen molar-refractivity contribution in [3.05, 3.63) is 15.6 Å². The van der Waals surface area contributed by atoms with Gasteiger partial charge in [0.2, 0.25) is 0 Å². The molecule has 18 heavy (non-hydrogen) atoms. The Morgan fingerprint density at radius 2 is 1.83 bits per heavy atom. The van der Waals surface area contributed by atoms with E-state index in [4.69, 9.17) is 4.98 Å². The molecule has 100 valence electrons. The summed E-state index contributed by atoms with van der Waals surface area (Å²) in [6.07, 6.45) is 12.2. The maximum atomic E-state index is 4.99. The number of hydrogen-bond acceptors (Lipinski definition) is 3. The average Bonchev–Trinajstić information content (AvgIpc) is 2.65. The predicted octanol–water partition coefficient (Wildman–Crippen LogP) is 4.18. The molecule has 0 radical (unpaired) electrons. The number of rotatable bonds is 2. The van der Waals surface area contributed by atoms with E-state index >= 15 is 0 Å². The lowest BCUT2D eigenvalue weighted by atomic mass is 9.98. The monoisotopic (exact) mass is 264 g/mol. The van der Waals surface area contributed by atoms with Crippen molar-refractivity contribution in [3.8, 4) is 0 Å². The molecule has 3 rings (SSSR count). The van der Waals surface area contributed by atoms with Gasteiger partial charge in [-0.25, -0.2) is 4.98 Å². The Morgan fingerprint density at radius 1 is 1.06 bits per heavy atom. The fourth-order valence-corrected chi connectivity index (χ4v) is 4.84. The van der Waals surface area contributed by atoms with Crippen LogP contribution in [0.15, 0.2) is 0 Å². The van der Waals surface area contributed by atoms with E-state index in [2.05, 4.69) is 12.4 Å². The zero-order chi connectivity index (χ0) is 12.4. The third-order valence-corrected chi connectivity index (χ3v) is 5.89. The molecule has 0 spiro atoms. The molecule has 3 heteroatoms. The molecule has 2 aliphatic carbocycles. The Bertz CT molecular complexity index is 391. The van der Waals surface area contributed by atoms with Crippen LogP contribution in [0.3, 0.4) is 0 Å². The van der Waals surface area contributed by atoms with E-state index in [9.17, 15) is 0 Å². The summed E-state index contributed by atoms with van der Waals surface area (Å²) < 4.78 is 0. The number of nitrogens with zero attached hydrogens (tertiary/aromatic N) is 1. The van der Waals surface area contributed by atoms with Gasteiger partial charge in [0, 0.05) is 16.8 Å². The highest BCUT2D eigenvalue weighted by Crippen LogP contribution is 2.40. The van der Waals surface area contributed by atoms with Gasteiger partial charge in [-0.05, 0) is 39.2 Å². The zero-order valence-electron chi connectivity index (χ0n) is 11.4. The molecule has 0 saturated heterocycles. The third kappa shape index (κ3) is 2.48. The second kappa shape index (κ2) is 5.70. The highest BCUT2D eigenvalue weighted by Gasteiger charge is 2.26. The first-order valence-electron chi connectivity index (χ1n) is 7.55. The van der Waals surface area contributed by atoms with Crippen LogP contribution >= 0.6 is 11.3 Å². The lowest BCUT2D eigenvalue weighted by molar-refractivity contribution is 0.500. The number of aromatic nitrogens is 1. The van der Waals surface area contributed by atoms with E-state index in [1.807, 2.05) is 11.3 Å². The number of thiazole rings is 1. The van der Waals surface area contributed by atoms with Crippen molar-refractivity contribution in [2.75, 3.05) is 7.05 Å². The Morgan fingerprint density at radius 3 is 2.56 bits per heavy atom. The van der Waals surface area contributed by atoms with Gasteiger partial charge in [-0.3, -0.25) is 0 Å². The smallest absolute Gasteiger partial charge is 0.0962 e. The Hall–Kier alpha value is -0.410. The molecule has 1 heterocycles. The number of nitrogens with one attached hydrogen (secondary N) is 1. The first-order chi connectivity index (χ1) is 8.88. The number of fused-ring (bicyclic) bond motifs is 1. The van der Waals surface area contributed by atoms with Gasteiger partial charge in [-0.15, -0.1) is 11.3 Å². The third-order valence-electron chi connectivity index (χ3n) is 4.52. The quantitative estimate of drug-likeness (QED) is 0.811. The van der Waals surface area contributed by atoms with Gasteiger partial charge in [-0.1, -0.05) is 25.7 Å². The fraction of sp³-hybridized carbons (Fsp3) is 0.800. The van der Waals surface area contributed by atoms with Crippen LogP contribution in [0.5, 0.6) is 0 Å². The van der Waals surface area contributed by atoms with E-state index in [1.54, 1.807) is 4.88 Å². The summed E-state index contributed by atoms with van der Waals surface area (Å²) in [6, 6.07) is 0.575. The molecule has 0 aromatic carbocycles. The van der Waals surface area contributed by atoms with E-state index in [0.717, 1.165) is 5.92 Å². The van der Waals surface area contributed by atoms with E-state index < -0.39 is 0 Å². The molecule has 1 saturated carbocycles. The molecule has 2 aliphatic rings. The van der Waals surface area contributed by atoms with E-state index in [1.165, 1.54) is 68.5 Å². The molecule has 0 aliphatic heterocycles. The first-order valence-corrected chi connectivity index (χ1v) is 8.37. The van der Waals surface area contributed by atoms with Crippen molar-refractivity contribution in [1.82, 2.24) is 10.3 Å². The predicted molar refractivity (Wildman–Crippen MR) is 77.3 cm³/mol. The largest absolute Gasteiger partial charge is 0.312 e. The molecular weight excluding hydrogens is 240 g/mol. The second-order valence-electron chi connectivity index (χ2n) is 5.79. The van der Waals surface area contributed by atoms with Gasteiger partial charge in [0.15, 0.2) is 0 Å². The summed E-state index contributed by atoms with van der Waals surface area (Å²) in [4.78, 5) is 6.54. The van der Waals surface area contributed by atoms with Gasteiger partial charge in [0.1, 0.15) is 0 Å². The average molecular weight is 264 g/mol. The molecule has 0 amide bonds. The summed E-state index contributed by atoms with van der Waals surface area (Å²) in [5, 5.41) is 4.91. The summed E-state index contributed by atoms with van der Waals surface area (Å²) >= 11 is 2.01. The van der Waals surface area contributed by atoms with Crippen LogP contribution < -0.4 is 5.32 Å². The molecule has 1 aromatic heterocycles. The van der Waals surface area contributed by atoms with Crippen LogP contribution in [0, 0.1) is 0 Å². The van der Waals surface area contributed by atoms with Crippen LogP contribution in [0.4, 0.5) is 0 Å². The number of hydrogen-bond donors (Lipinski definition) is 1. The van der Waals surface area contributed by atoms with Crippen molar-refractivity contribution in [3.63, 3.8) is 0 Å². The first kappa shape index (κ1) is 12.6. The van der Waals surface area contributed by atoms with E-state index in [0.29, 0.717) is 6.04 Å². The molecule has 1 unspecified atom stereocenters. The highest BCUT2D eigenvalue weighted by atomic mass is 32.1. The molecule has 1 fully saturated rings. The maximum absolute atomic E-state index is 4.99. The summed E-state index contributed by atoms with van der Waals surface area (Å²) in [5.41, 5.74) is 1.41. The Labute approximate surface area is 114 Å². The second-order valence-corrected chi connectivity index (χ2v) is 6.85. The van der Waals surface area contributed by atoms with Gasteiger partial charge >= 0.3 is 0 Å². The summed E-state index contributed by atoms with van der Waals surface area (Å²) in [5.74, 6) is 0.764. The SMILES string of the molecule is CNC1CCCc2nc(C3CCCCCC3)sc21. The minimum Gasteiger partial charge on any atom is -0.312 e. The lowest BCUT2D eigenvalue weighted by Crippen LogP contribution is -2.19. The van der Waals surface area contributed by atoms with Crippen molar-refractivity contribution in [2.45, 2.75) is 69.7 Å². The minimum atomic E-state index is 0.575.